The van der Waals surface area contributed by atoms with E-state index < -0.39 is 24.0 Å². The smallest absolute Gasteiger partial charge is 0.329 e. The third kappa shape index (κ3) is 4.65. The molecular formula is C26H23N5O4. The highest BCUT2D eigenvalue weighted by atomic mass is 16.5. The Morgan fingerprint density at radius 1 is 1.09 bits per heavy atom. The highest BCUT2D eigenvalue weighted by Crippen LogP contribution is 2.33. The van der Waals surface area contributed by atoms with Crippen molar-refractivity contribution in [3.8, 4) is 0 Å². The number of β-lactam (4-membered cyclic amide) rings is 1. The van der Waals surface area contributed by atoms with Gasteiger partial charge in [0.15, 0.2) is 0 Å². The molecule has 0 saturated carbocycles. The number of benzene rings is 2. The van der Waals surface area contributed by atoms with Crippen molar-refractivity contribution in [2.24, 2.45) is 4.99 Å². The standard InChI is InChI=1S/C26H23N5O4/c32-22-11-21(26(34)35-15-17-7-3-1-4-8-17)31(22)24(18-9-5-2-6-10-18)25(33)29-14-20-23-19(13-28-20)12-27-16-30-23/h1-10,12-13,16,20-21,24H,11,14-15H2,(H,29,33). The summed E-state index contributed by atoms with van der Waals surface area (Å²) in [5.41, 5.74) is 3.00. The largest absolute Gasteiger partial charge is 0.459 e. The number of carbonyl (C=O) groups is 3. The number of esters is 1. The van der Waals surface area contributed by atoms with Crippen molar-refractivity contribution in [2.75, 3.05) is 6.54 Å². The number of ether oxygens (including phenoxy) is 1. The first-order valence-electron chi connectivity index (χ1n) is 11.3. The second-order valence-electron chi connectivity index (χ2n) is 8.33. The second-order valence-corrected chi connectivity index (χ2v) is 8.33. The number of aromatic nitrogens is 2. The highest BCUT2D eigenvalue weighted by molar-refractivity contribution is 5.99. The van der Waals surface area contributed by atoms with Crippen LogP contribution >= 0.6 is 0 Å². The van der Waals surface area contributed by atoms with E-state index in [0.717, 1.165) is 16.8 Å². The lowest BCUT2D eigenvalue weighted by atomic mass is 9.93. The molecule has 3 atom stereocenters. The third-order valence-corrected chi connectivity index (χ3v) is 6.08. The van der Waals surface area contributed by atoms with Gasteiger partial charge in [-0.15, -0.1) is 0 Å². The molecule has 9 heteroatoms. The predicted octanol–water partition coefficient (Wildman–Crippen LogP) is 2.15. The Kier molecular flexibility index (Phi) is 6.30. The Hall–Kier alpha value is -4.40. The van der Waals surface area contributed by atoms with Crippen LogP contribution in [-0.2, 0) is 25.7 Å². The van der Waals surface area contributed by atoms with E-state index in [2.05, 4.69) is 20.3 Å². The molecule has 2 aliphatic rings. The van der Waals surface area contributed by atoms with Crippen LogP contribution in [0.15, 0.2) is 78.2 Å². The van der Waals surface area contributed by atoms with Gasteiger partial charge < -0.3 is 15.0 Å². The number of rotatable bonds is 8. The molecule has 0 spiro atoms. The topological polar surface area (TPSA) is 114 Å². The van der Waals surface area contributed by atoms with Gasteiger partial charge in [-0.2, -0.15) is 0 Å². The van der Waals surface area contributed by atoms with Gasteiger partial charge in [-0.3, -0.25) is 14.6 Å². The van der Waals surface area contributed by atoms with Crippen molar-refractivity contribution in [3.05, 3.63) is 95.6 Å². The number of hydrogen-bond acceptors (Lipinski definition) is 7. The average Bonchev–Trinajstić information content (AvgIpc) is 3.31. The molecular weight excluding hydrogens is 446 g/mol. The Bertz CT molecular complexity index is 1270. The predicted molar refractivity (Wildman–Crippen MR) is 126 cm³/mol. The maximum atomic E-state index is 13.4. The van der Waals surface area contributed by atoms with Crippen LogP contribution in [0.5, 0.6) is 0 Å². The molecule has 1 fully saturated rings. The van der Waals surface area contributed by atoms with Crippen molar-refractivity contribution in [1.29, 1.82) is 0 Å². The minimum atomic E-state index is -0.970. The minimum absolute atomic E-state index is 0.00144. The van der Waals surface area contributed by atoms with E-state index in [0.29, 0.717) is 5.56 Å². The molecule has 1 saturated heterocycles. The lowest BCUT2D eigenvalue weighted by Crippen LogP contribution is -2.61. The van der Waals surface area contributed by atoms with Crippen molar-refractivity contribution in [3.63, 3.8) is 0 Å². The Morgan fingerprint density at radius 3 is 2.57 bits per heavy atom. The van der Waals surface area contributed by atoms with Crippen LogP contribution in [0.1, 0.15) is 40.9 Å². The van der Waals surface area contributed by atoms with E-state index in [1.807, 2.05) is 36.4 Å². The van der Waals surface area contributed by atoms with Gasteiger partial charge in [-0.05, 0) is 11.1 Å². The molecule has 1 N–H and O–H groups in total. The maximum Gasteiger partial charge on any atom is 0.329 e. The number of nitrogens with one attached hydrogen (secondary N) is 1. The van der Waals surface area contributed by atoms with Gasteiger partial charge in [0.2, 0.25) is 11.8 Å². The van der Waals surface area contributed by atoms with E-state index in [4.69, 9.17) is 4.74 Å². The first-order valence-corrected chi connectivity index (χ1v) is 11.3. The maximum absolute atomic E-state index is 13.4. The summed E-state index contributed by atoms with van der Waals surface area (Å²) in [6.45, 7) is 0.301. The van der Waals surface area contributed by atoms with Crippen LogP contribution in [-0.4, -0.2) is 51.5 Å². The van der Waals surface area contributed by atoms with Crippen molar-refractivity contribution in [1.82, 2.24) is 20.2 Å². The Balaban J connectivity index is 1.31. The van der Waals surface area contributed by atoms with Crippen LogP contribution in [0.2, 0.25) is 0 Å². The van der Waals surface area contributed by atoms with Gasteiger partial charge >= 0.3 is 5.97 Å². The molecule has 0 bridgehead atoms. The van der Waals surface area contributed by atoms with Crippen molar-refractivity contribution in [2.45, 2.75) is 31.2 Å². The quantitative estimate of drug-likeness (QED) is 0.400. The lowest BCUT2D eigenvalue weighted by molar-refractivity contribution is -0.172. The van der Waals surface area contributed by atoms with E-state index in [9.17, 15) is 14.4 Å². The second kappa shape index (κ2) is 9.84. The average molecular weight is 470 g/mol. The minimum Gasteiger partial charge on any atom is -0.459 e. The number of fused-ring (bicyclic) bond motifs is 1. The first kappa shape index (κ1) is 22.4. The van der Waals surface area contributed by atoms with Gasteiger partial charge in [0, 0.05) is 24.5 Å². The number of amides is 2. The monoisotopic (exact) mass is 469 g/mol. The summed E-state index contributed by atoms with van der Waals surface area (Å²) >= 11 is 0. The molecule has 176 valence electrons. The zero-order valence-corrected chi connectivity index (χ0v) is 18.8. The first-order chi connectivity index (χ1) is 17.1. The fourth-order valence-electron chi connectivity index (χ4n) is 4.26. The van der Waals surface area contributed by atoms with E-state index >= 15 is 0 Å². The van der Waals surface area contributed by atoms with Crippen molar-refractivity contribution >= 4 is 24.0 Å². The molecule has 2 aliphatic heterocycles. The van der Waals surface area contributed by atoms with Gasteiger partial charge in [-0.25, -0.2) is 14.8 Å². The normalized spacial score (nSPS) is 19.0. The summed E-state index contributed by atoms with van der Waals surface area (Å²) in [6.07, 6.45) is 4.80. The summed E-state index contributed by atoms with van der Waals surface area (Å²) in [7, 11) is 0. The highest BCUT2D eigenvalue weighted by Gasteiger charge is 2.49. The molecule has 3 heterocycles. The van der Waals surface area contributed by atoms with Crippen molar-refractivity contribution < 1.29 is 19.1 Å². The molecule has 0 aliphatic carbocycles. The van der Waals surface area contributed by atoms with E-state index in [1.165, 1.54) is 11.2 Å². The number of carbonyl (C=O) groups excluding carboxylic acids is 3. The zero-order chi connectivity index (χ0) is 24.2. The summed E-state index contributed by atoms with van der Waals surface area (Å²) in [6, 6.07) is 16.1. The number of likely N-dealkylation sites (tertiary alicyclic amines) is 1. The van der Waals surface area contributed by atoms with E-state index in [1.54, 1.807) is 36.7 Å². The van der Waals surface area contributed by atoms with Crippen LogP contribution in [0.25, 0.3) is 0 Å². The summed E-state index contributed by atoms with van der Waals surface area (Å²) in [4.78, 5) is 52.9. The van der Waals surface area contributed by atoms with Gasteiger partial charge in [0.05, 0.1) is 12.1 Å². The van der Waals surface area contributed by atoms with Crippen LogP contribution in [0.3, 0.4) is 0 Å². The van der Waals surface area contributed by atoms with Gasteiger partial charge in [0.1, 0.15) is 31.1 Å². The van der Waals surface area contributed by atoms with Crippen LogP contribution < -0.4 is 5.32 Å². The lowest BCUT2D eigenvalue weighted by Gasteiger charge is -2.43. The Morgan fingerprint density at radius 2 is 1.83 bits per heavy atom. The molecule has 0 radical (unpaired) electrons. The molecule has 1 aromatic heterocycles. The fourth-order valence-corrected chi connectivity index (χ4v) is 4.26. The number of hydrogen-bond donors (Lipinski definition) is 1. The van der Waals surface area contributed by atoms with Crippen LogP contribution in [0.4, 0.5) is 0 Å². The van der Waals surface area contributed by atoms with E-state index in [-0.39, 0.29) is 31.5 Å². The molecule has 2 amide bonds. The molecule has 9 nitrogen and oxygen atoms in total. The third-order valence-electron chi connectivity index (χ3n) is 6.08. The summed E-state index contributed by atoms with van der Waals surface area (Å²) in [5.74, 6) is -1.22. The fraction of sp³-hybridized carbons (Fsp3) is 0.231. The SMILES string of the molecule is O=C(OCc1ccccc1)C1CC(=O)N1C(C(=O)NCC1N=Cc2cncnc21)c1ccccc1. The molecule has 35 heavy (non-hydrogen) atoms. The summed E-state index contributed by atoms with van der Waals surface area (Å²) in [5, 5.41) is 2.89. The number of aliphatic imine (C=N–C) groups is 1. The Labute approximate surface area is 201 Å². The van der Waals surface area contributed by atoms with Crippen LogP contribution in [0, 0.1) is 0 Å². The molecule has 2 aromatic carbocycles. The van der Waals surface area contributed by atoms with Gasteiger partial charge in [0.25, 0.3) is 0 Å². The molecule has 5 rings (SSSR count). The number of nitrogens with zero attached hydrogens (tertiary/aromatic N) is 4. The zero-order valence-electron chi connectivity index (χ0n) is 18.8. The van der Waals surface area contributed by atoms with Gasteiger partial charge in [-0.1, -0.05) is 60.7 Å². The molecule has 3 unspecified atom stereocenters. The molecule has 3 aromatic rings. The summed E-state index contributed by atoms with van der Waals surface area (Å²) < 4.78 is 5.46.